The highest BCUT2D eigenvalue weighted by Gasteiger charge is 2.27. The van der Waals surface area contributed by atoms with E-state index in [1.54, 1.807) is 0 Å². The lowest BCUT2D eigenvalue weighted by Gasteiger charge is -2.37. The predicted octanol–water partition coefficient (Wildman–Crippen LogP) is 2.23. The Hall–Kier alpha value is -2.15. The van der Waals surface area contributed by atoms with Crippen molar-refractivity contribution < 1.29 is 9.59 Å². The summed E-state index contributed by atoms with van der Waals surface area (Å²) in [6, 6.07) is 5.96. The Kier molecular flexibility index (Phi) is 7.78. The van der Waals surface area contributed by atoms with Gasteiger partial charge in [0.25, 0.3) is 0 Å². The Morgan fingerprint density at radius 1 is 0.871 bits per heavy atom. The van der Waals surface area contributed by atoms with Crippen molar-refractivity contribution in [2.45, 2.75) is 44.9 Å². The van der Waals surface area contributed by atoms with E-state index < -0.39 is 0 Å². The van der Waals surface area contributed by atoms with E-state index in [9.17, 15) is 9.59 Å². The second kappa shape index (κ2) is 10.9. The van der Waals surface area contributed by atoms with Gasteiger partial charge in [0.1, 0.15) is 5.82 Å². The minimum Gasteiger partial charge on any atom is -0.353 e. The summed E-state index contributed by atoms with van der Waals surface area (Å²) in [5, 5.41) is 0. The molecule has 3 saturated heterocycles. The Bertz CT molecular complexity index is 714. The highest BCUT2D eigenvalue weighted by Crippen LogP contribution is 2.22. The van der Waals surface area contributed by atoms with Crippen molar-refractivity contribution >= 4 is 17.6 Å². The number of carbonyl (C=O) groups is 2. The standard InChI is InChI=1S/C24H37N5O2/c30-23(28-17-15-27(16-18-28)22-8-2-3-11-25-22)10-9-21-7-6-14-29(19-21)24(31)20-26-12-4-1-5-13-26/h2-3,8,11,21H,1,4-7,9-10,12-20H2. The number of nitrogens with zero attached hydrogens (tertiary/aromatic N) is 5. The number of piperazine rings is 1. The maximum atomic E-state index is 12.8. The van der Waals surface area contributed by atoms with Crippen LogP contribution in [0, 0.1) is 5.92 Å². The molecule has 0 aliphatic carbocycles. The third-order valence-corrected chi connectivity index (χ3v) is 7.05. The molecule has 0 saturated carbocycles. The number of aromatic nitrogens is 1. The van der Waals surface area contributed by atoms with Crippen LogP contribution in [0.15, 0.2) is 24.4 Å². The normalized spacial score (nSPS) is 23.1. The van der Waals surface area contributed by atoms with Crippen LogP contribution in [0.1, 0.15) is 44.9 Å². The average Bonchev–Trinajstić information content (AvgIpc) is 2.84. The number of hydrogen-bond acceptors (Lipinski definition) is 5. The lowest BCUT2D eigenvalue weighted by molar-refractivity contribution is -0.134. The van der Waals surface area contributed by atoms with E-state index in [-0.39, 0.29) is 11.8 Å². The number of likely N-dealkylation sites (tertiary alicyclic amines) is 2. The Morgan fingerprint density at radius 2 is 1.68 bits per heavy atom. The Balaban J connectivity index is 1.17. The number of carbonyl (C=O) groups excluding carboxylic acids is 2. The molecule has 2 amide bonds. The van der Waals surface area contributed by atoms with Gasteiger partial charge >= 0.3 is 0 Å². The summed E-state index contributed by atoms with van der Waals surface area (Å²) in [4.78, 5) is 38.5. The van der Waals surface area contributed by atoms with Crippen LogP contribution in [0.3, 0.4) is 0 Å². The molecule has 0 N–H and O–H groups in total. The number of piperidine rings is 2. The highest BCUT2D eigenvalue weighted by atomic mass is 16.2. The fraction of sp³-hybridized carbons (Fsp3) is 0.708. The first kappa shape index (κ1) is 22.1. The molecule has 4 heterocycles. The van der Waals surface area contributed by atoms with Gasteiger partial charge in [-0.2, -0.15) is 0 Å². The summed E-state index contributed by atoms with van der Waals surface area (Å²) < 4.78 is 0. The highest BCUT2D eigenvalue weighted by molar-refractivity contribution is 5.78. The van der Waals surface area contributed by atoms with Crippen molar-refractivity contribution in [1.82, 2.24) is 19.7 Å². The minimum absolute atomic E-state index is 0.262. The van der Waals surface area contributed by atoms with Gasteiger partial charge in [-0.3, -0.25) is 14.5 Å². The van der Waals surface area contributed by atoms with Crippen LogP contribution in [0.2, 0.25) is 0 Å². The van der Waals surface area contributed by atoms with Crippen LogP contribution < -0.4 is 4.90 Å². The zero-order valence-electron chi connectivity index (χ0n) is 18.8. The van der Waals surface area contributed by atoms with Gasteiger partial charge in [0.05, 0.1) is 6.54 Å². The van der Waals surface area contributed by atoms with Gasteiger partial charge in [0.2, 0.25) is 11.8 Å². The molecular weight excluding hydrogens is 390 g/mol. The number of amides is 2. The van der Waals surface area contributed by atoms with Crippen LogP contribution in [-0.2, 0) is 9.59 Å². The second-order valence-corrected chi connectivity index (χ2v) is 9.28. The van der Waals surface area contributed by atoms with Gasteiger partial charge in [-0.05, 0) is 63.2 Å². The maximum absolute atomic E-state index is 12.8. The topological polar surface area (TPSA) is 60.0 Å². The average molecular weight is 428 g/mol. The molecule has 7 heteroatoms. The molecule has 4 rings (SSSR count). The van der Waals surface area contributed by atoms with Gasteiger partial charge in [0, 0.05) is 51.9 Å². The van der Waals surface area contributed by atoms with E-state index in [0.717, 1.165) is 77.4 Å². The first-order chi connectivity index (χ1) is 15.2. The zero-order chi connectivity index (χ0) is 21.5. The van der Waals surface area contributed by atoms with Crippen molar-refractivity contribution in [2.24, 2.45) is 5.92 Å². The van der Waals surface area contributed by atoms with Gasteiger partial charge in [-0.1, -0.05) is 12.5 Å². The molecular formula is C24H37N5O2. The molecule has 1 unspecified atom stereocenters. The van der Waals surface area contributed by atoms with Gasteiger partial charge in [-0.25, -0.2) is 4.98 Å². The van der Waals surface area contributed by atoms with E-state index in [4.69, 9.17) is 0 Å². The lowest BCUT2D eigenvalue weighted by atomic mass is 9.93. The molecule has 1 atom stereocenters. The molecule has 0 spiro atoms. The smallest absolute Gasteiger partial charge is 0.236 e. The summed E-state index contributed by atoms with van der Waals surface area (Å²) in [5.74, 6) is 1.99. The van der Waals surface area contributed by atoms with Crippen LogP contribution in [0.4, 0.5) is 5.82 Å². The van der Waals surface area contributed by atoms with Crippen LogP contribution in [0.5, 0.6) is 0 Å². The summed E-state index contributed by atoms with van der Waals surface area (Å²) in [6.45, 7) is 7.61. The molecule has 1 aromatic rings. The van der Waals surface area contributed by atoms with Crippen LogP contribution in [0.25, 0.3) is 0 Å². The fourth-order valence-corrected chi connectivity index (χ4v) is 5.15. The summed E-state index contributed by atoms with van der Waals surface area (Å²) in [7, 11) is 0. The number of anilines is 1. The monoisotopic (exact) mass is 427 g/mol. The summed E-state index contributed by atoms with van der Waals surface area (Å²) in [5.41, 5.74) is 0. The SMILES string of the molecule is O=C(CCC1CCCN(C(=O)CN2CCCCC2)C1)N1CCN(c2ccccn2)CC1. The summed E-state index contributed by atoms with van der Waals surface area (Å²) in [6.07, 6.45) is 9.24. The largest absolute Gasteiger partial charge is 0.353 e. The number of hydrogen-bond donors (Lipinski definition) is 0. The first-order valence-corrected chi connectivity index (χ1v) is 12.1. The van der Waals surface area contributed by atoms with Crippen molar-refractivity contribution in [3.8, 4) is 0 Å². The molecule has 0 aromatic carbocycles. The molecule has 0 bridgehead atoms. The number of rotatable bonds is 6. The Labute approximate surface area is 186 Å². The third kappa shape index (κ3) is 6.19. The van der Waals surface area contributed by atoms with Crippen molar-refractivity contribution in [3.05, 3.63) is 24.4 Å². The molecule has 170 valence electrons. The van der Waals surface area contributed by atoms with Crippen LogP contribution >= 0.6 is 0 Å². The van der Waals surface area contributed by atoms with Gasteiger partial charge in [0.15, 0.2) is 0 Å². The van der Waals surface area contributed by atoms with E-state index in [1.807, 2.05) is 29.3 Å². The van der Waals surface area contributed by atoms with Gasteiger partial charge < -0.3 is 14.7 Å². The quantitative estimate of drug-likeness (QED) is 0.697. The van der Waals surface area contributed by atoms with E-state index in [2.05, 4.69) is 19.7 Å². The summed E-state index contributed by atoms with van der Waals surface area (Å²) >= 11 is 0. The van der Waals surface area contributed by atoms with E-state index in [0.29, 0.717) is 18.9 Å². The van der Waals surface area contributed by atoms with Gasteiger partial charge in [-0.15, -0.1) is 0 Å². The van der Waals surface area contributed by atoms with Crippen molar-refractivity contribution in [3.63, 3.8) is 0 Å². The predicted molar refractivity (Wildman–Crippen MR) is 122 cm³/mol. The molecule has 31 heavy (non-hydrogen) atoms. The molecule has 1 aromatic heterocycles. The molecule has 7 nitrogen and oxygen atoms in total. The first-order valence-electron chi connectivity index (χ1n) is 12.1. The zero-order valence-corrected chi connectivity index (χ0v) is 18.8. The molecule has 0 radical (unpaired) electrons. The van der Waals surface area contributed by atoms with E-state index >= 15 is 0 Å². The van der Waals surface area contributed by atoms with Crippen LogP contribution in [-0.4, -0.2) is 90.4 Å². The molecule has 3 aliphatic rings. The maximum Gasteiger partial charge on any atom is 0.236 e. The van der Waals surface area contributed by atoms with Crippen molar-refractivity contribution in [2.75, 3.05) is 63.8 Å². The van der Waals surface area contributed by atoms with E-state index in [1.165, 1.54) is 19.3 Å². The molecule has 3 fully saturated rings. The minimum atomic E-state index is 0.262. The lowest BCUT2D eigenvalue weighted by Crippen LogP contribution is -2.49. The Morgan fingerprint density at radius 3 is 2.42 bits per heavy atom. The van der Waals surface area contributed by atoms with Crippen molar-refractivity contribution in [1.29, 1.82) is 0 Å². The number of pyridine rings is 1. The second-order valence-electron chi connectivity index (χ2n) is 9.28. The molecule has 3 aliphatic heterocycles. The fourth-order valence-electron chi connectivity index (χ4n) is 5.15. The third-order valence-electron chi connectivity index (χ3n) is 7.05.